The van der Waals surface area contributed by atoms with Crippen molar-refractivity contribution < 1.29 is 27.4 Å². The van der Waals surface area contributed by atoms with Crippen LogP contribution in [0.3, 0.4) is 0 Å². The average molecular weight is 563 g/mol. The van der Waals surface area contributed by atoms with Gasteiger partial charge in [-0.25, -0.2) is 0 Å². The van der Waals surface area contributed by atoms with E-state index in [0.29, 0.717) is 60.4 Å². The molecule has 2 atom stereocenters. The van der Waals surface area contributed by atoms with Crippen LogP contribution in [0.5, 0.6) is 11.5 Å². The van der Waals surface area contributed by atoms with Crippen LogP contribution in [0.25, 0.3) is 0 Å². The van der Waals surface area contributed by atoms with Gasteiger partial charge >= 0.3 is 6.18 Å². The first kappa shape index (κ1) is 30.0. The topological polar surface area (TPSA) is 57.3 Å². The molecule has 10 heteroatoms. The summed E-state index contributed by atoms with van der Waals surface area (Å²) >= 11 is 0. The molecule has 2 heterocycles. The van der Waals surface area contributed by atoms with Crippen LogP contribution in [0.2, 0.25) is 0 Å². The molecule has 2 aromatic carbocycles. The molecular weight excluding hydrogens is 521 g/mol. The molecule has 2 saturated heterocycles. The van der Waals surface area contributed by atoms with Crippen molar-refractivity contribution in [2.24, 2.45) is 5.92 Å². The number of amides is 1. The van der Waals surface area contributed by atoms with Gasteiger partial charge in [0.25, 0.3) is 0 Å². The molecule has 0 spiro atoms. The number of likely N-dealkylation sites (tertiary alicyclic amines) is 1. The number of carbonyl (C=O) groups excluding carboxylic acids is 1. The largest absolute Gasteiger partial charge is 0.497 e. The smallest absolute Gasteiger partial charge is 0.416 e. The molecule has 40 heavy (non-hydrogen) atoms. The Morgan fingerprint density at radius 2 is 1.68 bits per heavy atom. The van der Waals surface area contributed by atoms with Crippen molar-refractivity contribution in [1.82, 2.24) is 9.80 Å². The molecule has 220 valence electrons. The van der Waals surface area contributed by atoms with Crippen LogP contribution in [-0.4, -0.2) is 81.3 Å². The molecule has 7 nitrogen and oxygen atoms in total. The molecule has 1 amide bonds. The van der Waals surface area contributed by atoms with Gasteiger partial charge in [0.1, 0.15) is 11.5 Å². The van der Waals surface area contributed by atoms with Gasteiger partial charge in [-0.15, -0.1) is 0 Å². The minimum Gasteiger partial charge on any atom is -0.497 e. The highest BCUT2D eigenvalue weighted by Gasteiger charge is 2.36. The molecule has 0 saturated carbocycles. The van der Waals surface area contributed by atoms with Crippen LogP contribution in [0.1, 0.15) is 38.7 Å². The van der Waals surface area contributed by atoms with Crippen LogP contribution in [0.15, 0.2) is 42.5 Å². The van der Waals surface area contributed by atoms with E-state index in [-0.39, 0.29) is 5.91 Å². The van der Waals surface area contributed by atoms with E-state index in [0.717, 1.165) is 45.1 Å². The number of halogens is 3. The fourth-order valence-electron chi connectivity index (χ4n) is 5.89. The third-order valence-electron chi connectivity index (χ3n) is 8.15. The number of nitrogens with one attached hydrogen (secondary N) is 1. The summed E-state index contributed by atoms with van der Waals surface area (Å²) in [5.74, 6) is 1.49. The van der Waals surface area contributed by atoms with E-state index in [2.05, 4.69) is 29.0 Å². The van der Waals surface area contributed by atoms with Crippen molar-refractivity contribution in [1.29, 1.82) is 0 Å². The Hall–Kier alpha value is -2.98. The highest BCUT2D eigenvalue weighted by molar-refractivity contribution is 5.91. The van der Waals surface area contributed by atoms with Gasteiger partial charge in [0.15, 0.2) is 0 Å². The number of benzene rings is 2. The Kier molecular flexibility index (Phi) is 9.84. The fourth-order valence-corrected chi connectivity index (χ4v) is 5.89. The number of anilines is 2. The summed E-state index contributed by atoms with van der Waals surface area (Å²) in [5, 5.41) is 2.99. The zero-order valence-electron chi connectivity index (χ0n) is 23.8. The van der Waals surface area contributed by atoms with Crippen LogP contribution < -0.4 is 19.7 Å². The summed E-state index contributed by atoms with van der Waals surface area (Å²) in [5.41, 5.74) is 0.640. The van der Waals surface area contributed by atoms with Gasteiger partial charge in [0.2, 0.25) is 5.91 Å². The van der Waals surface area contributed by atoms with Crippen LogP contribution >= 0.6 is 0 Å². The number of hydrogen-bond donors (Lipinski definition) is 1. The standard InChI is InChI=1S/C30H41F3N4O3/c1-21(2)37-11-10-28(36-14-12-35(13-15-36)25-7-5-6-23(16-25)30(31,32)33)22(20-37)8-9-29(38)34-24-17-26(39-3)19-27(18-24)40-4/h5-7,16-19,21-22,28H,8-15,20H2,1-4H3,(H,34,38)/t22-,28+/m1/s1. The maximum absolute atomic E-state index is 13.2. The first-order valence-corrected chi connectivity index (χ1v) is 14.0. The molecule has 0 aromatic heterocycles. The second-order valence-corrected chi connectivity index (χ2v) is 11.0. The van der Waals surface area contributed by atoms with Crippen molar-refractivity contribution in [3.05, 3.63) is 48.0 Å². The van der Waals surface area contributed by atoms with Crippen LogP contribution in [-0.2, 0) is 11.0 Å². The number of nitrogens with zero attached hydrogens (tertiary/aromatic N) is 3. The van der Waals surface area contributed by atoms with Crippen molar-refractivity contribution in [2.45, 2.75) is 51.4 Å². The minimum absolute atomic E-state index is 0.0508. The van der Waals surface area contributed by atoms with Crippen molar-refractivity contribution in [3.8, 4) is 11.5 Å². The van der Waals surface area contributed by atoms with Gasteiger partial charge < -0.3 is 24.6 Å². The normalized spacial score (nSPS) is 20.9. The van der Waals surface area contributed by atoms with Gasteiger partial charge in [-0.1, -0.05) is 6.07 Å². The SMILES string of the molecule is COc1cc(NC(=O)CC[C@@H]2CN(C(C)C)CC[C@@H]2N2CCN(c3cccc(C(F)(F)F)c3)CC2)cc(OC)c1. The Balaban J connectivity index is 1.38. The maximum Gasteiger partial charge on any atom is 0.416 e. The highest BCUT2D eigenvalue weighted by Crippen LogP contribution is 2.33. The highest BCUT2D eigenvalue weighted by atomic mass is 19.4. The second-order valence-electron chi connectivity index (χ2n) is 11.0. The first-order valence-electron chi connectivity index (χ1n) is 14.0. The molecule has 1 N–H and O–H groups in total. The molecule has 2 fully saturated rings. The van der Waals surface area contributed by atoms with Crippen molar-refractivity contribution in [3.63, 3.8) is 0 Å². The summed E-state index contributed by atoms with van der Waals surface area (Å²) in [7, 11) is 3.15. The van der Waals surface area contributed by atoms with Crippen LogP contribution in [0, 0.1) is 5.92 Å². The van der Waals surface area contributed by atoms with E-state index >= 15 is 0 Å². The number of rotatable bonds is 9. The van der Waals surface area contributed by atoms with E-state index in [1.54, 1.807) is 38.5 Å². The summed E-state index contributed by atoms with van der Waals surface area (Å²) in [6.07, 6.45) is -2.17. The van der Waals surface area contributed by atoms with Gasteiger partial charge in [0, 0.05) is 80.8 Å². The lowest BCUT2D eigenvalue weighted by Gasteiger charge is -2.48. The van der Waals surface area contributed by atoms with Crippen LogP contribution in [0.4, 0.5) is 24.5 Å². The number of methoxy groups -OCH3 is 2. The molecule has 2 aliphatic rings. The molecule has 0 radical (unpaired) electrons. The van der Waals surface area contributed by atoms with E-state index in [1.165, 1.54) is 12.1 Å². The number of carbonyl (C=O) groups is 1. The number of piperidine rings is 1. The predicted molar refractivity (Wildman–Crippen MR) is 151 cm³/mol. The molecule has 2 aliphatic heterocycles. The number of piperazine rings is 1. The Morgan fingerprint density at radius 1 is 1.00 bits per heavy atom. The summed E-state index contributed by atoms with van der Waals surface area (Å²) in [6.45, 7) is 9.26. The lowest BCUT2D eigenvalue weighted by Crippen LogP contribution is -2.57. The third kappa shape index (κ3) is 7.60. The summed E-state index contributed by atoms with van der Waals surface area (Å²) < 4.78 is 50.3. The van der Waals surface area contributed by atoms with Gasteiger partial charge in [-0.2, -0.15) is 13.2 Å². The number of hydrogen-bond acceptors (Lipinski definition) is 6. The quantitative estimate of drug-likeness (QED) is 0.444. The van der Waals surface area contributed by atoms with E-state index in [4.69, 9.17) is 9.47 Å². The number of ether oxygens (including phenoxy) is 2. The maximum atomic E-state index is 13.2. The first-order chi connectivity index (χ1) is 19.1. The van der Waals surface area contributed by atoms with Gasteiger partial charge in [-0.3, -0.25) is 9.69 Å². The second kappa shape index (κ2) is 13.1. The van der Waals surface area contributed by atoms with Crippen molar-refractivity contribution in [2.75, 3.05) is 63.7 Å². The Bertz CT molecular complexity index is 1110. The zero-order chi connectivity index (χ0) is 28.9. The fraction of sp³-hybridized carbons (Fsp3) is 0.567. The van der Waals surface area contributed by atoms with Gasteiger partial charge in [0.05, 0.1) is 19.8 Å². The molecule has 0 bridgehead atoms. The number of alkyl halides is 3. The molecule has 4 rings (SSSR count). The van der Waals surface area contributed by atoms with Crippen molar-refractivity contribution >= 4 is 17.3 Å². The van der Waals surface area contributed by atoms with E-state index in [1.807, 2.05) is 4.90 Å². The third-order valence-corrected chi connectivity index (χ3v) is 8.15. The Labute approximate surface area is 235 Å². The lowest BCUT2D eigenvalue weighted by atomic mass is 9.86. The monoisotopic (exact) mass is 562 g/mol. The molecule has 2 aromatic rings. The molecular formula is C30H41F3N4O3. The Morgan fingerprint density at radius 3 is 2.27 bits per heavy atom. The zero-order valence-corrected chi connectivity index (χ0v) is 23.8. The predicted octanol–water partition coefficient (Wildman–Crippen LogP) is 5.36. The van der Waals surface area contributed by atoms with E-state index in [9.17, 15) is 18.0 Å². The minimum atomic E-state index is -4.35. The average Bonchev–Trinajstić information content (AvgIpc) is 2.95. The van der Waals surface area contributed by atoms with Gasteiger partial charge in [-0.05, 0) is 57.4 Å². The van der Waals surface area contributed by atoms with E-state index < -0.39 is 11.7 Å². The molecule has 0 aliphatic carbocycles. The summed E-state index contributed by atoms with van der Waals surface area (Å²) in [6, 6.07) is 11.7. The molecule has 0 unspecified atom stereocenters. The summed E-state index contributed by atoms with van der Waals surface area (Å²) in [4.78, 5) is 19.9. The lowest BCUT2D eigenvalue weighted by molar-refractivity contribution is -0.137.